The van der Waals surface area contributed by atoms with Gasteiger partial charge in [0.25, 0.3) is 5.91 Å². The van der Waals surface area contributed by atoms with Crippen molar-refractivity contribution >= 4 is 23.2 Å². The van der Waals surface area contributed by atoms with Crippen molar-refractivity contribution in [3.8, 4) is 5.75 Å². The number of carbonyl (C=O) groups excluding carboxylic acids is 1. The van der Waals surface area contributed by atoms with E-state index in [1.165, 1.54) is 0 Å². The lowest BCUT2D eigenvalue weighted by Gasteiger charge is -2.12. The summed E-state index contributed by atoms with van der Waals surface area (Å²) >= 11 is 1.66. The molecule has 0 unspecified atom stereocenters. The maximum Gasteiger partial charge on any atom is 0.251 e. The van der Waals surface area contributed by atoms with Gasteiger partial charge in [0.15, 0.2) is 5.96 Å². The maximum atomic E-state index is 12.1. The summed E-state index contributed by atoms with van der Waals surface area (Å²) in [6.07, 6.45) is 0.815. The first kappa shape index (κ1) is 20.7. The number of aryl methyl sites for hydroxylation is 1. The normalized spacial score (nSPS) is 11.1. The zero-order chi connectivity index (χ0) is 19.5. The van der Waals surface area contributed by atoms with Crippen molar-refractivity contribution in [3.63, 3.8) is 0 Å². The lowest BCUT2D eigenvalue weighted by atomic mass is 10.2. The number of aliphatic imine (C=N–C) groups is 1. The quantitative estimate of drug-likeness (QED) is 0.347. The Morgan fingerprint density at radius 2 is 1.93 bits per heavy atom. The first-order valence-electron chi connectivity index (χ1n) is 8.97. The second-order valence-corrected chi connectivity index (χ2v) is 6.84. The molecule has 0 fully saturated rings. The average Bonchev–Trinajstić information content (AvgIpc) is 3.10. The Morgan fingerprint density at radius 1 is 1.19 bits per heavy atom. The summed E-state index contributed by atoms with van der Waals surface area (Å²) in [4.78, 5) is 21.1. The predicted molar refractivity (Wildman–Crippen MR) is 110 cm³/mol. The van der Waals surface area contributed by atoms with E-state index in [1.807, 2.05) is 13.8 Å². The summed E-state index contributed by atoms with van der Waals surface area (Å²) in [5, 5.41) is 12.5. The molecule has 8 heteroatoms. The molecule has 1 amide bonds. The van der Waals surface area contributed by atoms with Crippen LogP contribution in [0.3, 0.4) is 0 Å². The standard InChI is InChI=1S/C19H27N5O2S/c1-4-20-19(22-10-9-16-13-27-14(2)24-16)23-12-11-21-18(25)15-5-7-17(26-3)8-6-15/h5-8,13H,4,9-12H2,1-3H3,(H,21,25)(H2,20,22,23). The number of aromatic nitrogens is 1. The van der Waals surface area contributed by atoms with E-state index in [4.69, 9.17) is 4.74 Å². The molecule has 0 atom stereocenters. The molecule has 1 aromatic heterocycles. The average molecular weight is 390 g/mol. The van der Waals surface area contributed by atoms with E-state index in [9.17, 15) is 4.79 Å². The van der Waals surface area contributed by atoms with E-state index >= 15 is 0 Å². The van der Waals surface area contributed by atoms with Crippen molar-refractivity contribution in [3.05, 3.63) is 45.9 Å². The topological polar surface area (TPSA) is 87.6 Å². The maximum absolute atomic E-state index is 12.1. The summed E-state index contributed by atoms with van der Waals surface area (Å²) in [5.41, 5.74) is 1.68. The fraction of sp³-hybridized carbons (Fsp3) is 0.421. The molecule has 1 aromatic carbocycles. The van der Waals surface area contributed by atoms with Crippen LogP contribution in [-0.4, -0.2) is 50.1 Å². The third kappa shape index (κ3) is 7.26. The largest absolute Gasteiger partial charge is 0.497 e. The summed E-state index contributed by atoms with van der Waals surface area (Å²) in [5.74, 6) is 1.36. The van der Waals surface area contributed by atoms with Crippen LogP contribution in [0.5, 0.6) is 5.75 Å². The van der Waals surface area contributed by atoms with E-state index in [1.54, 1.807) is 42.7 Å². The van der Waals surface area contributed by atoms with Gasteiger partial charge in [-0.1, -0.05) is 0 Å². The molecule has 0 radical (unpaired) electrons. The van der Waals surface area contributed by atoms with Crippen LogP contribution >= 0.6 is 11.3 Å². The van der Waals surface area contributed by atoms with Crippen LogP contribution in [-0.2, 0) is 6.42 Å². The van der Waals surface area contributed by atoms with Crippen LogP contribution in [0.2, 0.25) is 0 Å². The Bertz CT molecular complexity index is 743. The molecule has 0 saturated carbocycles. The minimum Gasteiger partial charge on any atom is -0.497 e. The van der Waals surface area contributed by atoms with Gasteiger partial charge in [0.05, 0.1) is 17.8 Å². The van der Waals surface area contributed by atoms with Crippen LogP contribution in [0.15, 0.2) is 34.6 Å². The van der Waals surface area contributed by atoms with E-state index < -0.39 is 0 Å². The molecule has 2 rings (SSSR count). The summed E-state index contributed by atoms with van der Waals surface area (Å²) < 4.78 is 5.09. The van der Waals surface area contributed by atoms with Crippen LogP contribution in [0.4, 0.5) is 0 Å². The van der Waals surface area contributed by atoms with Crippen molar-refractivity contribution in [1.29, 1.82) is 0 Å². The van der Waals surface area contributed by atoms with E-state index in [0.717, 1.165) is 35.4 Å². The number of benzene rings is 1. The van der Waals surface area contributed by atoms with Gasteiger partial charge in [-0.05, 0) is 38.1 Å². The first-order chi connectivity index (χ1) is 13.1. The number of ether oxygens (including phenoxy) is 1. The molecule has 7 nitrogen and oxygen atoms in total. The van der Waals surface area contributed by atoms with E-state index in [-0.39, 0.29) is 5.91 Å². The smallest absolute Gasteiger partial charge is 0.251 e. The lowest BCUT2D eigenvalue weighted by Crippen LogP contribution is -2.41. The molecule has 3 N–H and O–H groups in total. The van der Waals surface area contributed by atoms with Crippen molar-refractivity contribution in [2.75, 3.05) is 33.3 Å². The minimum atomic E-state index is -0.111. The Kier molecular flexibility index (Phi) is 8.57. The third-order valence-corrected chi connectivity index (χ3v) is 4.53. The van der Waals surface area contributed by atoms with Gasteiger partial charge in [-0.2, -0.15) is 0 Å². The minimum absolute atomic E-state index is 0.111. The summed E-state index contributed by atoms with van der Waals surface area (Å²) in [7, 11) is 1.60. The SMILES string of the molecule is CCNC(=NCCc1csc(C)n1)NCCNC(=O)c1ccc(OC)cc1. The van der Waals surface area contributed by atoms with Gasteiger partial charge in [-0.25, -0.2) is 4.98 Å². The highest BCUT2D eigenvalue weighted by atomic mass is 32.1. The number of nitrogens with one attached hydrogen (secondary N) is 3. The molecular formula is C19H27N5O2S. The van der Waals surface area contributed by atoms with Gasteiger partial charge in [-0.3, -0.25) is 9.79 Å². The number of methoxy groups -OCH3 is 1. The number of hydrogen-bond donors (Lipinski definition) is 3. The highest BCUT2D eigenvalue weighted by Crippen LogP contribution is 2.11. The molecule has 0 saturated heterocycles. The van der Waals surface area contributed by atoms with Gasteiger partial charge in [0.2, 0.25) is 0 Å². The van der Waals surface area contributed by atoms with Crippen LogP contribution in [0.25, 0.3) is 0 Å². The number of guanidine groups is 1. The monoisotopic (exact) mass is 389 g/mol. The number of hydrogen-bond acceptors (Lipinski definition) is 5. The second-order valence-electron chi connectivity index (χ2n) is 5.78. The number of nitrogens with zero attached hydrogens (tertiary/aromatic N) is 2. The Hall–Kier alpha value is -2.61. The van der Waals surface area contributed by atoms with Crippen LogP contribution in [0.1, 0.15) is 28.0 Å². The molecule has 0 bridgehead atoms. The van der Waals surface area contributed by atoms with Crippen LogP contribution in [0, 0.1) is 6.92 Å². The molecule has 2 aromatic rings. The molecular weight excluding hydrogens is 362 g/mol. The number of amides is 1. The van der Waals surface area contributed by atoms with Crippen molar-refractivity contribution in [2.24, 2.45) is 4.99 Å². The Labute approximate surface area is 164 Å². The number of carbonyl (C=O) groups is 1. The molecule has 27 heavy (non-hydrogen) atoms. The van der Waals surface area contributed by atoms with Gasteiger partial charge in [0, 0.05) is 43.5 Å². The highest BCUT2D eigenvalue weighted by molar-refractivity contribution is 7.09. The number of thiazole rings is 1. The van der Waals surface area contributed by atoms with E-state index in [2.05, 4.69) is 31.3 Å². The Morgan fingerprint density at radius 3 is 2.56 bits per heavy atom. The van der Waals surface area contributed by atoms with Gasteiger partial charge < -0.3 is 20.7 Å². The first-order valence-corrected chi connectivity index (χ1v) is 9.85. The molecule has 0 aliphatic rings. The molecule has 0 aliphatic carbocycles. The molecule has 146 valence electrons. The zero-order valence-electron chi connectivity index (χ0n) is 16.0. The lowest BCUT2D eigenvalue weighted by molar-refractivity contribution is 0.0954. The van der Waals surface area contributed by atoms with Gasteiger partial charge in [-0.15, -0.1) is 11.3 Å². The van der Waals surface area contributed by atoms with Crippen LogP contribution < -0.4 is 20.7 Å². The van der Waals surface area contributed by atoms with Gasteiger partial charge in [0.1, 0.15) is 5.75 Å². The zero-order valence-corrected chi connectivity index (χ0v) is 16.9. The molecule has 0 spiro atoms. The summed E-state index contributed by atoms with van der Waals surface area (Å²) in [6, 6.07) is 7.03. The summed E-state index contributed by atoms with van der Waals surface area (Å²) in [6.45, 7) is 6.55. The van der Waals surface area contributed by atoms with Crippen molar-refractivity contribution < 1.29 is 9.53 Å². The van der Waals surface area contributed by atoms with Gasteiger partial charge >= 0.3 is 0 Å². The van der Waals surface area contributed by atoms with E-state index in [0.29, 0.717) is 25.2 Å². The Balaban J connectivity index is 1.72. The highest BCUT2D eigenvalue weighted by Gasteiger charge is 2.05. The number of rotatable bonds is 9. The molecule has 0 aliphatic heterocycles. The van der Waals surface area contributed by atoms with Crippen molar-refractivity contribution in [2.45, 2.75) is 20.3 Å². The fourth-order valence-electron chi connectivity index (χ4n) is 2.35. The third-order valence-electron chi connectivity index (χ3n) is 3.70. The fourth-order valence-corrected chi connectivity index (χ4v) is 3.00. The van der Waals surface area contributed by atoms with Crippen molar-refractivity contribution in [1.82, 2.24) is 20.9 Å². The second kappa shape index (κ2) is 11.2. The predicted octanol–water partition coefficient (Wildman–Crippen LogP) is 1.99. The molecule has 1 heterocycles.